The predicted molar refractivity (Wildman–Crippen MR) is 124 cm³/mol. The van der Waals surface area contributed by atoms with E-state index in [9.17, 15) is 4.79 Å². The number of aryl methyl sites for hydroxylation is 2. The number of hydrogen-bond donors (Lipinski definition) is 0. The Labute approximate surface area is 186 Å². The highest BCUT2D eigenvalue weighted by Crippen LogP contribution is 2.37. The Hall–Kier alpha value is -3.24. The number of furan rings is 1. The van der Waals surface area contributed by atoms with Gasteiger partial charge in [0.1, 0.15) is 29.4 Å². The van der Waals surface area contributed by atoms with E-state index in [1.807, 2.05) is 74.5 Å². The average molecular weight is 435 g/mol. The van der Waals surface area contributed by atoms with Gasteiger partial charge >= 0.3 is 0 Å². The smallest absolute Gasteiger partial charge is 0.197 e. The van der Waals surface area contributed by atoms with E-state index in [-0.39, 0.29) is 5.78 Å². The second-order valence-corrected chi connectivity index (χ2v) is 7.81. The molecule has 5 heteroatoms. The van der Waals surface area contributed by atoms with E-state index in [4.69, 9.17) is 25.5 Å². The van der Waals surface area contributed by atoms with Crippen LogP contribution in [-0.2, 0) is 0 Å². The number of hydrogen-bond acceptors (Lipinski definition) is 4. The van der Waals surface area contributed by atoms with Crippen molar-refractivity contribution in [2.75, 3.05) is 19.6 Å². The lowest BCUT2D eigenvalue weighted by molar-refractivity contribution is 0.104. The molecule has 158 valence electrons. The lowest BCUT2D eigenvalue weighted by Gasteiger charge is -2.08. The zero-order valence-electron chi connectivity index (χ0n) is 17.7. The fraction of sp³-hybridized carbons (Fsp3) is 0.192. The van der Waals surface area contributed by atoms with Crippen LogP contribution in [0.1, 0.15) is 27.0 Å². The molecule has 0 amide bonds. The normalized spacial score (nSPS) is 11.0. The molecule has 0 unspecified atom stereocenters. The van der Waals surface area contributed by atoms with Crippen molar-refractivity contribution in [3.63, 3.8) is 0 Å². The minimum atomic E-state index is -0.0868. The Morgan fingerprint density at radius 1 is 0.935 bits per heavy atom. The number of ether oxygens (including phenoxy) is 2. The molecule has 4 aromatic rings. The van der Waals surface area contributed by atoms with E-state index in [1.165, 1.54) is 0 Å². The van der Waals surface area contributed by atoms with Crippen LogP contribution in [0.25, 0.3) is 22.3 Å². The van der Waals surface area contributed by atoms with Gasteiger partial charge in [0, 0.05) is 16.5 Å². The molecule has 0 fully saturated rings. The number of alkyl halides is 1. The van der Waals surface area contributed by atoms with Gasteiger partial charge in [-0.25, -0.2) is 0 Å². The van der Waals surface area contributed by atoms with E-state index in [2.05, 4.69) is 0 Å². The van der Waals surface area contributed by atoms with Crippen LogP contribution in [0, 0.1) is 13.8 Å². The molecule has 0 saturated carbocycles. The zero-order chi connectivity index (χ0) is 22.0. The summed E-state index contributed by atoms with van der Waals surface area (Å²) in [4.78, 5) is 13.7. The summed E-state index contributed by atoms with van der Waals surface area (Å²) in [7, 11) is 1.60. The molecule has 4 nitrogen and oxygen atoms in total. The first-order valence-electron chi connectivity index (χ1n) is 10.0. The monoisotopic (exact) mass is 434 g/mol. The maximum absolute atomic E-state index is 13.7. The molecule has 0 atom stereocenters. The van der Waals surface area contributed by atoms with Gasteiger partial charge in [-0.1, -0.05) is 17.2 Å². The van der Waals surface area contributed by atoms with Crippen LogP contribution < -0.4 is 9.47 Å². The highest BCUT2D eigenvalue weighted by molar-refractivity contribution is 6.20. The molecule has 0 saturated heterocycles. The second-order valence-electron chi connectivity index (χ2n) is 7.44. The van der Waals surface area contributed by atoms with Crippen LogP contribution in [0.2, 0.25) is 0 Å². The van der Waals surface area contributed by atoms with E-state index >= 15 is 0 Å². The third-order valence-electron chi connectivity index (χ3n) is 5.07. The van der Waals surface area contributed by atoms with Crippen LogP contribution in [0.4, 0.5) is 0 Å². The molecule has 0 aliphatic carbocycles. The van der Waals surface area contributed by atoms with Gasteiger partial charge in [-0.05, 0) is 68.4 Å². The minimum Gasteiger partial charge on any atom is -0.497 e. The molecular formula is C26H23ClO4. The van der Waals surface area contributed by atoms with Gasteiger partial charge in [0.05, 0.1) is 18.6 Å². The molecule has 3 aromatic carbocycles. The lowest BCUT2D eigenvalue weighted by atomic mass is 9.95. The molecule has 1 heterocycles. The van der Waals surface area contributed by atoms with Gasteiger partial charge in [0.15, 0.2) is 5.78 Å². The second kappa shape index (κ2) is 8.86. The summed E-state index contributed by atoms with van der Waals surface area (Å²) in [5.74, 6) is 2.23. The quantitative estimate of drug-likeness (QED) is 0.243. The molecule has 0 aliphatic heterocycles. The summed E-state index contributed by atoms with van der Waals surface area (Å²) in [5.41, 5.74) is 4.65. The Morgan fingerprint density at radius 3 is 2.26 bits per heavy atom. The van der Waals surface area contributed by atoms with Crippen molar-refractivity contribution in [2.45, 2.75) is 13.8 Å². The van der Waals surface area contributed by atoms with Gasteiger partial charge in [-0.2, -0.15) is 0 Å². The van der Waals surface area contributed by atoms with Gasteiger partial charge in [0.2, 0.25) is 0 Å². The van der Waals surface area contributed by atoms with Gasteiger partial charge < -0.3 is 13.9 Å². The molecule has 0 N–H and O–H groups in total. The third kappa shape index (κ3) is 4.30. The first-order valence-corrected chi connectivity index (χ1v) is 10.6. The molecule has 31 heavy (non-hydrogen) atoms. The SMILES string of the molecule is COc1ccc2oc(-c3ccc(OCCCl)cc3)c(C(=O)c3cc(C)cc(C)c3)c2c1. The van der Waals surface area contributed by atoms with Crippen LogP contribution in [0.5, 0.6) is 11.5 Å². The summed E-state index contributed by atoms with van der Waals surface area (Å²) >= 11 is 5.70. The number of carbonyl (C=O) groups is 1. The number of rotatable bonds is 7. The average Bonchev–Trinajstić information content (AvgIpc) is 3.15. The maximum Gasteiger partial charge on any atom is 0.197 e. The molecular weight excluding hydrogens is 412 g/mol. The van der Waals surface area contributed by atoms with Crippen LogP contribution in [-0.4, -0.2) is 25.4 Å². The summed E-state index contributed by atoms with van der Waals surface area (Å²) in [6.07, 6.45) is 0. The van der Waals surface area contributed by atoms with Crippen molar-refractivity contribution in [3.05, 3.63) is 82.9 Å². The highest BCUT2D eigenvalue weighted by Gasteiger charge is 2.24. The topological polar surface area (TPSA) is 48.7 Å². The number of ketones is 1. The van der Waals surface area contributed by atoms with Crippen molar-refractivity contribution in [2.24, 2.45) is 0 Å². The molecule has 0 bridgehead atoms. The number of halogens is 1. The summed E-state index contributed by atoms with van der Waals surface area (Å²) < 4.78 is 17.1. The van der Waals surface area contributed by atoms with E-state index in [1.54, 1.807) is 7.11 Å². The summed E-state index contributed by atoms with van der Waals surface area (Å²) in [6, 6.07) is 18.8. The van der Waals surface area contributed by atoms with E-state index < -0.39 is 0 Å². The summed E-state index contributed by atoms with van der Waals surface area (Å²) in [5, 5.41) is 0.723. The third-order valence-corrected chi connectivity index (χ3v) is 5.22. The highest BCUT2D eigenvalue weighted by atomic mass is 35.5. The molecule has 0 spiro atoms. The summed E-state index contributed by atoms with van der Waals surface area (Å²) in [6.45, 7) is 4.41. The molecule has 0 radical (unpaired) electrons. The first kappa shape index (κ1) is 21.0. The van der Waals surface area contributed by atoms with Gasteiger partial charge in [-0.3, -0.25) is 4.79 Å². The van der Waals surface area contributed by atoms with Crippen LogP contribution in [0.15, 0.2) is 65.1 Å². The Bertz CT molecular complexity index is 1220. The minimum absolute atomic E-state index is 0.0868. The van der Waals surface area contributed by atoms with Crippen molar-refractivity contribution in [1.82, 2.24) is 0 Å². The van der Waals surface area contributed by atoms with Gasteiger partial charge in [0.25, 0.3) is 0 Å². The fourth-order valence-corrected chi connectivity index (χ4v) is 3.82. The predicted octanol–water partition coefficient (Wildman–Crippen LogP) is 6.57. The van der Waals surface area contributed by atoms with Crippen molar-refractivity contribution in [1.29, 1.82) is 0 Å². The van der Waals surface area contributed by atoms with E-state index in [0.29, 0.717) is 46.5 Å². The van der Waals surface area contributed by atoms with Crippen LogP contribution in [0.3, 0.4) is 0 Å². The van der Waals surface area contributed by atoms with Crippen LogP contribution >= 0.6 is 11.6 Å². The lowest BCUT2D eigenvalue weighted by Crippen LogP contribution is -2.03. The Kier molecular flexibility index (Phi) is 6.01. The standard InChI is InChI=1S/C26H23ClO4/c1-16-12-17(2)14-19(13-16)25(28)24-22-15-21(29-3)8-9-23(22)31-26(24)18-4-6-20(7-5-18)30-11-10-27/h4-9,12-15H,10-11H2,1-3H3. The van der Waals surface area contributed by atoms with Crippen molar-refractivity contribution >= 4 is 28.4 Å². The Morgan fingerprint density at radius 2 is 1.61 bits per heavy atom. The Balaban J connectivity index is 1.88. The van der Waals surface area contributed by atoms with E-state index in [0.717, 1.165) is 22.1 Å². The molecule has 0 aliphatic rings. The van der Waals surface area contributed by atoms with Crippen molar-refractivity contribution in [3.8, 4) is 22.8 Å². The fourth-order valence-electron chi connectivity index (χ4n) is 3.74. The molecule has 1 aromatic heterocycles. The molecule has 4 rings (SSSR count). The largest absolute Gasteiger partial charge is 0.497 e. The first-order chi connectivity index (χ1) is 15.0. The van der Waals surface area contributed by atoms with Gasteiger partial charge in [-0.15, -0.1) is 11.6 Å². The number of methoxy groups -OCH3 is 1. The van der Waals surface area contributed by atoms with Crippen molar-refractivity contribution < 1.29 is 18.7 Å². The number of benzene rings is 3. The maximum atomic E-state index is 13.7. The zero-order valence-corrected chi connectivity index (χ0v) is 18.5. The number of fused-ring (bicyclic) bond motifs is 1. The number of carbonyl (C=O) groups excluding carboxylic acids is 1.